The van der Waals surface area contributed by atoms with Crippen LogP contribution in [0.15, 0.2) is 16.6 Å². The molecule has 0 aromatic carbocycles. The molecule has 0 bridgehead atoms. The zero-order valence-corrected chi connectivity index (χ0v) is 12.2. The molecule has 1 aromatic rings. The van der Waals surface area contributed by atoms with Crippen molar-refractivity contribution in [1.29, 1.82) is 0 Å². The topological polar surface area (TPSA) is 37.3 Å². The number of nitrogens with zero attached hydrogens (tertiary/aromatic N) is 2. The van der Waals surface area contributed by atoms with E-state index in [4.69, 9.17) is 4.99 Å². The molecule has 17 heavy (non-hydrogen) atoms. The van der Waals surface area contributed by atoms with E-state index in [-0.39, 0.29) is 11.6 Å². The fourth-order valence-corrected chi connectivity index (χ4v) is 3.67. The molecule has 0 amide bonds. The molecular weight excluding hydrogens is 250 g/mol. The zero-order valence-electron chi connectivity index (χ0n) is 10.6. The van der Waals surface area contributed by atoms with Gasteiger partial charge in [-0.05, 0) is 26.7 Å². The van der Waals surface area contributed by atoms with Gasteiger partial charge in [0.2, 0.25) is 0 Å². The predicted octanol–water partition coefficient (Wildman–Crippen LogP) is 3.46. The summed E-state index contributed by atoms with van der Waals surface area (Å²) < 4.78 is 0. The molecule has 2 unspecified atom stereocenters. The van der Waals surface area contributed by atoms with Crippen molar-refractivity contribution in [2.24, 2.45) is 4.99 Å². The molecule has 5 heteroatoms. The molecule has 2 atom stereocenters. The highest BCUT2D eigenvalue weighted by atomic mass is 32.2. The van der Waals surface area contributed by atoms with Crippen LogP contribution in [0.25, 0.3) is 0 Å². The first-order chi connectivity index (χ1) is 8.13. The highest BCUT2D eigenvalue weighted by molar-refractivity contribution is 8.13. The molecule has 0 aliphatic carbocycles. The van der Waals surface area contributed by atoms with Crippen LogP contribution in [0.1, 0.15) is 44.7 Å². The zero-order chi connectivity index (χ0) is 12.3. The predicted molar refractivity (Wildman–Crippen MR) is 76.9 cm³/mol. The summed E-state index contributed by atoms with van der Waals surface area (Å²) in [7, 11) is 0. The summed E-state index contributed by atoms with van der Waals surface area (Å²) in [6.07, 6.45) is 4.19. The van der Waals surface area contributed by atoms with Crippen molar-refractivity contribution in [2.75, 3.05) is 5.75 Å². The van der Waals surface area contributed by atoms with Crippen molar-refractivity contribution in [2.45, 2.75) is 45.2 Å². The van der Waals surface area contributed by atoms with Gasteiger partial charge in [0.25, 0.3) is 0 Å². The number of aromatic nitrogens is 1. The Balaban J connectivity index is 2.06. The SMILES string of the molecule is CCC1(C)CCSC(=NC(C)c2nccs2)N1. The van der Waals surface area contributed by atoms with Gasteiger partial charge < -0.3 is 5.32 Å². The van der Waals surface area contributed by atoms with E-state index in [1.165, 1.54) is 6.42 Å². The number of nitrogens with one attached hydrogen (secondary N) is 1. The van der Waals surface area contributed by atoms with Crippen LogP contribution < -0.4 is 5.32 Å². The van der Waals surface area contributed by atoms with Crippen LogP contribution in [-0.2, 0) is 0 Å². The molecule has 2 rings (SSSR count). The number of thiazole rings is 1. The quantitative estimate of drug-likeness (QED) is 0.913. The molecule has 1 saturated heterocycles. The van der Waals surface area contributed by atoms with Crippen molar-refractivity contribution in [3.63, 3.8) is 0 Å². The van der Waals surface area contributed by atoms with Gasteiger partial charge in [0, 0.05) is 22.9 Å². The lowest BCUT2D eigenvalue weighted by atomic mass is 9.96. The van der Waals surface area contributed by atoms with E-state index in [2.05, 4.69) is 31.1 Å². The van der Waals surface area contributed by atoms with Crippen molar-refractivity contribution in [3.05, 3.63) is 16.6 Å². The summed E-state index contributed by atoms with van der Waals surface area (Å²) in [4.78, 5) is 9.05. The van der Waals surface area contributed by atoms with Crippen LogP contribution in [0.5, 0.6) is 0 Å². The number of hydrogen-bond acceptors (Lipinski definition) is 4. The second-order valence-corrected chi connectivity index (χ2v) is 6.63. The first-order valence-corrected chi connectivity index (χ1v) is 7.88. The maximum atomic E-state index is 4.74. The maximum Gasteiger partial charge on any atom is 0.157 e. The molecule has 94 valence electrons. The molecule has 0 spiro atoms. The standard InChI is InChI=1S/C12H19N3S2/c1-4-12(3)5-7-17-11(15-12)14-9(2)10-13-6-8-16-10/h6,8-9H,4-5,7H2,1-3H3,(H,14,15). The van der Waals surface area contributed by atoms with Crippen LogP contribution in [0.2, 0.25) is 0 Å². The Hall–Kier alpha value is -0.550. The van der Waals surface area contributed by atoms with Crippen molar-refractivity contribution in [3.8, 4) is 0 Å². The Bertz CT molecular complexity index is 388. The van der Waals surface area contributed by atoms with Crippen molar-refractivity contribution in [1.82, 2.24) is 10.3 Å². The lowest BCUT2D eigenvalue weighted by Gasteiger charge is -2.35. The van der Waals surface area contributed by atoms with Gasteiger partial charge in [0.05, 0.1) is 0 Å². The summed E-state index contributed by atoms with van der Waals surface area (Å²) in [5.41, 5.74) is 0.215. The van der Waals surface area contributed by atoms with Crippen LogP contribution in [0, 0.1) is 0 Å². The number of thioether (sulfide) groups is 1. The summed E-state index contributed by atoms with van der Waals surface area (Å²) in [5, 5.41) is 7.72. The molecule has 1 aromatic heterocycles. The third-order valence-corrected chi connectivity index (χ3v) is 5.04. The van der Waals surface area contributed by atoms with Crippen molar-refractivity contribution >= 4 is 28.3 Å². The molecule has 1 fully saturated rings. The van der Waals surface area contributed by atoms with Crippen molar-refractivity contribution < 1.29 is 0 Å². The molecule has 2 heterocycles. The Labute approximate surface area is 111 Å². The van der Waals surface area contributed by atoms with E-state index < -0.39 is 0 Å². The largest absolute Gasteiger partial charge is 0.360 e. The van der Waals surface area contributed by atoms with E-state index in [9.17, 15) is 0 Å². The highest BCUT2D eigenvalue weighted by Crippen LogP contribution is 2.27. The molecule has 1 N–H and O–H groups in total. The summed E-state index contributed by atoms with van der Waals surface area (Å²) in [5.74, 6) is 1.15. The lowest BCUT2D eigenvalue weighted by Crippen LogP contribution is -2.48. The summed E-state index contributed by atoms with van der Waals surface area (Å²) in [6, 6.07) is 0.157. The smallest absolute Gasteiger partial charge is 0.157 e. The Kier molecular flexibility index (Phi) is 4.09. The van der Waals surface area contributed by atoms with Gasteiger partial charge in [-0.3, -0.25) is 4.99 Å². The van der Waals surface area contributed by atoms with Gasteiger partial charge in [-0.25, -0.2) is 4.98 Å². The minimum Gasteiger partial charge on any atom is -0.360 e. The highest BCUT2D eigenvalue weighted by Gasteiger charge is 2.27. The maximum absolute atomic E-state index is 4.74. The first kappa shape index (κ1) is 12.9. The summed E-state index contributed by atoms with van der Waals surface area (Å²) in [6.45, 7) is 6.60. The first-order valence-electron chi connectivity index (χ1n) is 6.01. The average molecular weight is 269 g/mol. The second kappa shape index (κ2) is 5.40. The van der Waals surface area contributed by atoms with E-state index in [1.807, 2.05) is 23.3 Å². The Morgan fingerprint density at radius 3 is 3.12 bits per heavy atom. The van der Waals surface area contributed by atoms with Crippen LogP contribution in [0.3, 0.4) is 0 Å². The lowest BCUT2D eigenvalue weighted by molar-refractivity contribution is 0.389. The van der Waals surface area contributed by atoms with Crippen LogP contribution in [-0.4, -0.2) is 21.4 Å². The molecule has 0 saturated carbocycles. The Morgan fingerprint density at radius 2 is 2.47 bits per heavy atom. The third-order valence-electron chi connectivity index (χ3n) is 3.20. The van der Waals surface area contributed by atoms with E-state index in [0.29, 0.717) is 0 Å². The molecule has 3 nitrogen and oxygen atoms in total. The minimum absolute atomic E-state index is 0.157. The van der Waals surface area contributed by atoms with E-state index in [0.717, 1.165) is 22.3 Å². The van der Waals surface area contributed by atoms with Gasteiger partial charge in [-0.2, -0.15) is 0 Å². The molecule has 0 radical (unpaired) electrons. The van der Waals surface area contributed by atoms with E-state index >= 15 is 0 Å². The number of amidine groups is 1. The summed E-state index contributed by atoms with van der Waals surface area (Å²) >= 11 is 3.49. The molecular formula is C12H19N3S2. The molecule has 1 aliphatic heterocycles. The van der Waals surface area contributed by atoms with Crippen LogP contribution in [0.4, 0.5) is 0 Å². The van der Waals surface area contributed by atoms with Crippen LogP contribution >= 0.6 is 23.1 Å². The average Bonchev–Trinajstić information content (AvgIpc) is 2.82. The van der Waals surface area contributed by atoms with Gasteiger partial charge in [-0.1, -0.05) is 18.7 Å². The fraction of sp³-hybridized carbons (Fsp3) is 0.667. The minimum atomic E-state index is 0.157. The molecule has 1 aliphatic rings. The monoisotopic (exact) mass is 269 g/mol. The number of hydrogen-bond donors (Lipinski definition) is 1. The van der Waals surface area contributed by atoms with Gasteiger partial charge >= 0.3 is 0 Å². The number of aliphatic imine (C=N–C) groups is 1. The van der Waals surface area contributed by atoms with E-state index in [1.54, 1.807) is 11.3 Å². The fourth-order valence-electron chi connectivity index (χ4n) is 1.74. The Morgan fingerprint density at radius 1 is 1.65 bits per heavy atom. The van der Waals surface area contributed by atoms with Gasteiger partial charge in [0.15, 0.2) is 5.17 Å². The van der Waals surface area contributed by atoms with Gasteiger partial charge in [-0.15, -0.1) is 11.3 Å². The normalized spacial score (nSPS) is 29.0. The van der Waals surface area contributed by atoms with Gasteiger partial charge in [0.1, 0.15) is 11.0 Å². The number of rotatable bonds is 3. The third kappa shape index (κ3) is 3.22. The second-order valence-electron chi connectivity index (χ2n) is 4.62.